The second kappa shape index (κ2) is 4.94. The maximum atomic E-state index is 4.24. The summed E-state index contributed by atoms with van der Waals surface area (Å²) in [5.41, 5.74) is 1.11. The number of nitrogens with zero attached hydrogens (tertiary/aromatic N) is 2. The van der Waals surface area contributed by atoms with Crippen molar-refractivity contribution in [1.29, 1.82) is 0 Å². The average Bonchev–Trinajstić information content (AvgIpc) is 2.33. The molecule has 0 radical (unpaired) electrons. The van der Waals surface area contributed by atoms with Gasteiger partial charge >= 0.3 is 0 Å². The molecule has 2 nitrogen and oxygen atoms in total. The molecule has 0 fully saturated rings. The van der Waals surface area contributed by atoms with Crippen molar-refractivity contribution in [2.24, 2.45) is 0 Å². The number of imidazole rings is 1. The number of rotatable bonds is 1. The lowest BCUT2D eigenvalue weighted by atomic mass is 10.6. The first-order valence-electron chi connectivity index (χ1n) is 4.24. The second-order valence-electron chi connectivity index (χ2n) is 2.22. The van der Waals surface area contributed by atoms with E-state index in [1.165, 1.54) is 0 Å². The van der Waals surface area contributed by atoms with Crippen LogP contribution < -0.4 is 0 Å². The molecule has 0 aliphatic heterocycles. The van der Waals surface area contributed by atoms with Crippen LogP contribution in [0.3, 0.4) is 0 Å². The lowest BCUT2D eigenvalue weighted by Gasteiger charge is -1.95. The highest BCUT2D eigenvalue weighted by atomic mass is 15.1. The minimum Gasteiger partial charge on any atom is -0.335 e. The number of aromatic nitrogens is 2. The smallest absolute Gasteiger partial charge is 0.105 e. The summed E-state index contributed by atoms with van der Waals surface area (Å²) in [6.45, 7) is 11.2. The molecule has 0 aliphatic rings. The van der Waals surface area contributed by atoms with Crippen LogP contribution in [0.1, 0.15) is 32.3 Å². The topological polar surface area (TPSA) is 17.8 Å². The monoisotopic (exact) mass is 154 g/mol. The van der Waals surface area contributed by atoms with Crippen molar-refractivity contribution in [1.82, 2.24) is 9.55 Å². The van der Waals surface area contributed by atoms with E-state index in [0.29, 0.717) is 0 Å². The van der Waals surface area contributed by atoms with Gasteiger partial charge in [-0.1, -0.05) is 13.8 Å². The Kier molecular flexibility index (Phi) is 4.59. The van der Waals surface area contributed by atoms with Crippen molar-refractivity contribution >= 4 is 0 Å². The van der Waals surface area contributed by atoms with Gasteiger partial charge in [-0.15, -0.1) is 0 Å². The lowest BCUT2D eigenvalue weighted by molar-refractivity contribution is 0.730. The van der Waals surface area contributed by atoms with Gasteiger partial charge in [-0.25, -0.2) is 4.98 Å². The van der Waals surface area contributed by atoms with Crippen molar-refractivity contribution < 1.29 is 0 Å². The largest absolute Gasteiger partial charge is 0.335 e. The molecule has 0 N–H and O–H groups in total. The van der Waals surface area contributed by atoms with E-state index in [9.17, 15) is 0 Å². The zero-order chi connectivity index (χ0) is 8.85. The van der Waals surface area contributed by atoms with E-state index in [4.69, 9.17) is 0 Å². The fraction of sp³-hybridized carbons (Fsp3) is 0.667. The molecule has 2 heteroatoms. The molecular weight excluding hydrogens is 136 g/mol. The van der Waals surface area contributed by atoms with Crippen LogP contribution in [0.2, 0.25) is 0 Å². The molecule has 1 aromatic heterocycles. The van der Waals surface area contributed by atoms with E-state index in [-0.39, 0.29) is 0 Å². The fourth-order valence-electron chi connectivity index (χ4n) is 0.987. The standard InChI is InChI=1S/C7H12N2.C2H6/c1-4-9-5-6(2)8-7(9)3;1-2/h5H,4H2,1-3H3;1-2H3. The molecular formula is C9H18N2. The Morgan fingerprint density at radius 1 is 1.36 bits per heavy atom. The molecule has 0 aromatic carbocycles. The van der Waals surface area contributed by atoms with Crippen molar-refractivity contribution in [2.75, 3.05) is 0 Å². The summed E-state index contributed by atoms with van der Waals surface area (Å²) >= 11 is 0. The minimum absolute atomic E-state index is 1.02. The summed E-state index contributed by atoms with van der Waals surface area (Å²) in [4.78, 5) is 4.24. The molecule has 1 aromatic rings. The van der Waals surface area contributed by atoms with E-state index in [1.54, 1.807) is 0 Å². The molecule has 0 atom stereocenters. The number of hydrogen-bond donors (Lipinski definition) is 0. The van der Waals surface area contributed by atoms with Gasteiger partial charge < -0.3 is 4.57 Å². The van der Waals surface area contributed by atoms with Gasteiger partial charge in [-0.2, -0.15) is 0 Å². The second-order valence-corrected chi connectivity index (χ2v) is 2.22. The molecule has 64 valence electrons. The Morgan fingerprint density at radius 2 is 1.91 bits per heavy atom. The van der Waals surface area contributed by atoms with Gasteiger partial charge in [0.25, 0.3) is 0 Å². The van der Waals surface area contributed by atoms with Crippen molar-refractivity contribution in [3.05, 3.63) is 17.7 Å². The fourth-order valence-corrected chi connectivity index (χ4v) is 0.987. The van der Waals surface area contributed by atoms with Gasteiger partial charge in [-0.3, -0.25) is 0 Å². The van der Waals surface area contributed by atoms with Crippen LogP contribution in [0.25, 0.3) is 0 Å². The quantitative estimate of drug-likeness (QED) is 0.608. The molecule has 0 bridgehead atoms. The molecule has 0 spiro atoms. The first-order valence-corrected chi connectivity index (χ1v) is 4.24. The van der Waals surface area contributed by atoms with Gasteiger partial charge in [0, 0.05) is 12.7 Å². The van der Waals surface area contributed by atoms with E-state index in [0.717, 1.165) is 18.1 Å². The highest BCUT2D eigenvalue weighted by molar-refractivity contribution is 4.99. The summed E-state index contributed by atoms with van der Waals surface area (Å²) in [7, 11) is 0. The molecule has 0 saturated heterocycles. The third-order valence-corrected chi connectivity index (χ3v) is 1.44. The molecule has 0 amide bonds. The molecule has 1 rings (SSSR count). The third-order valence-electron chi connectivity index (χ3n) is 1.44. The predicted molar refractivity (Wildman–Crippen MR) is 48.7 cm³/mol. The zero-order valence-corrected chi connectivity index (χ0v) is 8.18. The van der Waals surface area contributed by atoms with Gasteiger partial charge in [0.15, 0.2) is 0 Å². The predicted octanol–water partition coefficient (Wildman–Crippen LogP) is 2.55. The van der Waals surface area contributed by atoms with Crippen molar-refractivity contribution in [2.45, 2.75) is 41.2 Å². The van der Waals surface area contributed by atoms with Gasteiger partial charge in [0.05, 0.1) is 5.69 Å². The van der Waals surface area contributed by atoms with Crippen LogP contribution in [0.5, 0.6) is 0 Å². The summed E-state index contributed by atoms with van der Waals surface area (Å²) in [6, 6.07) is 0. The number of hydrogen-bond acceptors (Lipinski definition) is 1. The molecule has 0 unspecified atom stereocenters. The van der Waals surface area contributed by atoms with Crippen LogP contribution in [0.15, 0.2) is 6.20 Å². The van der Waals surface area contributed by atoms with Crippen molar-refractivity contribution in [3.63, 3.8) is 0 Å². The third kappa shape index (κ3) is 2.74. The zero-order valence-electron chi connectivity index (χ0n) is 8.18. The molecule has 0 aliphatic carbocycles. The molecule has 0 saturated carbocycles. The number of aryl methyl sites for hydroxylation is 3. The minimum atomic E-state index is 1.02. The van der Waals surface area contributed by atoms with Crippen LogP contribution in [-0.4, -0.2) is 9.55 Å². The van der Waals surface area contributed by atoms with E-state index >= 15 is 0 Å². The Morgan fingerprint density at radius 3 is 2.09 bits per heavy atom. The summed E-state index contributed by atoms with van der Waals surface area (Å²) in [5.74, 6) is 1.11. The highest BCUT2D eigenvalue weighted by Crippen LogP contribution is 1.98. The normalized spacial score (nSPS) is 8.82. The summed E-state index contributed by atoms with van der Waals surface area (Å²) in [6.07, 6.45) is 2.06. The maximum Gasteiger partial charge on any atom is 0.105 e. The van der Waals surface area contributed by atoms with Crippen LogP contribution in [-0.2, 0) is 6.54 Å². The SMILES string of the molecule is CC.CCn1cc(C)nc1C. The Labute approximate surface area is 69.3 Å². The van der Waals surface area contributed by atoms with Crippen molar-refractivity contribution in [3.8, 4) is 0 Å². The van der Waals surface area contributed by atoms with E-state index in [2.05, 4.69) is 22.7 Å². The average molecular weight is 154 g/mol. The van der Waals surface area contributed by atoms with Gasteiger partial charge in [0.2, 0.25) is 0 Å². The Hall–Kier alpha value is -0.790. The van der Waals surface area contributed by atoms with Crippen LogP contribution >= 0.6 is 0 Å². The summed E-state index contributed by atoms with van der Waals surface area (Å²) < 4.78 is 2.13. The first-order chi connectivity index (χ1) is 5.24. The Bertz CT molecular complexity index is 201. The molecule has 1 heterocycles. The highest BCUT2D eigenvalue weighted by Gasteiger charge is 1.94. The van der Waals surface area contributed by atoms with E-state index < -0.39 is 0 Å². The lowest BCUT2D eigenvalue weighted by Crippen LogP contribution is -1.93. The summed E-state index contributed by atoms with van der Waals surface area (Å²) in [5, 5.41) is 0. The van der Waals surface area contributed by atoms with Crippen LogP contribution in [0, 0.1) is 13.8 Å². The van der Waals surface area contributed by atoms with E-state index in [1.807, 2.05) is 27.7 Å². The van der Waals surface area contributed by atoms with Gasteiger partial charge in [0.1, 0.15) is 5.82 Å². The Balaban J connectivity index is 0.000000461. The van der Waals surface area contributed by atoms with Crippen LogP contribution in [0.4, 0.5) is 0 Å². The van der Waals surface area contributed by atoms with Gasteiger partial charge in [-0.05, 0) is 20.8 Å². The maximum absolute atomic E-state index is 4.24. The molecule has 11 heavy (non-hydrogen) atoms. The first kappa shape index (κ1) is 10.2.